The summed E-state index contributed by atoms with van der Waals surface area (Å²) in [4.78, 5) is 12.3. The molecule has 0 amide bonds. The monoisotopic (exact) mass is 301 g/mol. The number of nitrogen functional groups attached to an aromatic ring is 1. The molecule has 0 unspecified atom stereocenters. The van der Waals surface area contributed by atoms with Crippen LogP contribution in [0.4, 0.5) is 5.69 Å². The molecule has 2 N–H and O–H groups in total. The van der Waals surface area contributed by atoms with Crippen molar-refractivity contribution in [2.24, 2.45) is 0 Å². The van der Waals surface area contributed by atoms with Crippen LogP contribution >= 0.6 is 34.5 Å². The fraction of sp³-hybridized carbons (Fsp3) is 0.0833. The first-order chi connectivity index (χ1) is 8.52. The highest BCUT2D eigenvalue weighted by Crippen LogP contribution is 2.34. The second-order valence-corrected chi connectivity index (χ2v) is 5.81. The van der Waals surface area contributed by atoms with E-state index in [1.807, 2.05) is 0 Å². The zero-order chi connectivity index (χ0) is 13.3. The SMILES string of the molecule is COc1cc(N)ccc1C(=O)c1cc(Cl)sc1Cl. The van der Waals surface area contributed by atoms with E-state index in [0.717, 1.165) is 11.3 Å². The van der Waals surface area contributed by atoms with E-state index in [1.165, 1.54) is 7.11 Å². The first-order valence-electron chi connectivity index (χ1n) is 4.96. The fourth-order valence-electron chi connectivity index (χ4n) is 1.54. The van der Waals surface area contributed by atoms with E-state index in [4.69, 9.17) is 33.7 Å². The smallest absolute Gasteiger partial charge is 0.199 e. The molecule has 0 atom stereocenters. The van der Waals surface area contributed by atoms with Crippen LogP contribution in [0.25, 0.3) is 0 Å². The van der Waals surface area contributed by atoms with Gasteiger partial charge in [0.15, 0.2) is 5.78 Å². The number of thiophene rings is 1. The van der Waals surface area contributed by atoms with Crippen LogP contribution in [0.1, 0.15) is 15.9 Å². The molecule has 0 aliphatic heterocycles. The largest absolute Gasteiger partial charge is 0.496 e. The predicted molar refractivity (Wildman–Crippen MR) is 75.2 cm³/mol. The number of halogens is 2. The van der Waals surface area contributed by atoms with E-state index in [0.29, 0.717) is 31.2 Å². The van der Waals surface area contributed by atoms with E-state index in [2.05, 4.69) is 0 Å². The molecule has 0 saturated heterocycles. The van der Waals surface area contributed by atoms with Crippen LogP contribution in [0.3, 0.4) is 0 Å². The van der Waals surface area contributed by atoms with Gasteiger partial charge in [0.2, 0.25) is 0 Å². The molecule has 0 spiro atoms. The second-order valence-electron chi connectivity index (χ2n) is 3.53. The normalized spacial score (nSPS) is 10.4. The Morgan fingerprint density at radius 2 is 2.00 bits per heavy atom. The molecule has 0 aliphatic carbocycles. The Kier molecular flexibility index (Phi) is 3.80. The van der Waals surface area contributed by atoms with E-state index < -0.39 is 0 Å². The van der Waals surface area contributed by atoms with Crippen molar-refractivity contribution < 1.29 is 9.53 Å². The van der Waals surface area contributed by atoms with Gasteiger partial charge in [-0.25, -0.2) is 0 Å². The molecule has 0 radical (unpaired) electrons. The molecule has 2 aromatic rings. The van der Waals surface area contributed by atoms with Crippen molar-refractivity contribution in [1.29, 1.82) is 0 Å². The summed E-state index contributed by atoms with van der Waals surface area (Å²) in [5.41, 5.74) is 6.94. The molecule has 0 bridgehead atoms. The van der Waals surface area contributed by atoms with Gasteiger partial charge in [0.05, 0.1) is 22.6 Å². The van der Waals surface area contributed by atoms with E-state index in [1.54, 1.807) is 24.3 Å². The number of rotatable bonds is 3. The standard InChI is InChI=1S/C12H9Cl2NO2S/c1-17-9-4-6(15)2-3-7(9)11(16)8-5-10(13)18-12(8)14/h2-5H,15H2,1H3. The zero-order valence-corrected chi connectivity index (χ0v) is 11.7. The summed E-state index contributed by atoms with van der Waals surface area (Å²) in [6.07, 6.45) is 0. The summed E-state index contributed by atoms with van der Waals surface area (Å²) in [5.74, 6) is 0.179. The lowest BCUT2D eigenvalue weighted by atomic mass is 10.0. The Morgan fingerprint density at radius 3 is 2.56 bits per heavy atom. The van der Waals surface area contributed by atoms with Crippen LogP contribution in [0.5, 0.6) is 5.75 Å². The molecule has 0 aliphatic rings. The number of nitrogens with two attached hydrogens (primary N) is 1. The van der Waals surface area contributed by atoms with Crippen molar-refractivity contribution in [1.82, 2.24) is 0 Å². The number of hydrogen-bond acceptors (Lipinski definition) is 4. The quantitative estimate of drug-likeness (QED) is 0.691. The number of ether oxygens (including phenoxy) is 1. The lowest BCUT2D eigenvalue weighted by Crippen LogP contribution is -2.04. The number of methoxy groups -OCH3 is 1. The molecular formula is C12H9Cl2NO2S. The summed E-state index contributed by atoms with van der Waals surface area (Å²) >= 11 is 12.9. The highest BCUT2D eigenvalue weighted by molar-refractivity contribution is 7.20. The summed E-state index contributed by atoms with van der Waals surface area (Å²) in [5, 5.41) is 0. The van der Waals surface area contributed by atoms with Crippen molar-refractivity contribution in [3.8, 4) is 5.75 Å². The van der Waals surface area contributed by atoms with Crippen LogP contribution in [0, 0.1) is 0 Å². The molecular weight excluding hydrogens is 293 g/mol. The van der Waals surface area contributed by atoms with E-state index in [-0.39, 0.29) is 5.78 Å². The highest BCUT2D eigenvalue weighted by atomic mass is 35.5. The Labute approximate surface area is 118 Å². The third kappa shape index (κ3) is 2.46. The number of carbonyl (C=O) groups excluding carboxylic acids is 1. The van der Waals surface area contributed by atoms with Crippen molar-refractivity contribution in [2.45, 2.75) is 0 Å². The van der Waals surface area contributed by atoms with Gasteiger partial charge >= 0.3 is 0 Å². The molecule has 0 fully saturated rings. The first kappa shape index (κ1) is 13.2. The number of benzene rings is 1. The molecule has 94 valence electrons. The van der Waals surface area contributed by atoms with Gasteiger partial charge in [0.25, 0.3) is 0 Å². The molecule has 3 nitrogen and oxygen atoms in total. The first-order valence-corrected chi connectivity index (χ1v) is 6.53. The zero-order valence-electron chi connectivity index (χ0n) is 9.37. The second kappa shape index (κ2) is 5.18. The molecule has 1 heterocycles. The predicted octanol–water partition coefficient (Wildman–Crippen LogP) is 3.88. The Morgan fingerprint density at radius 1 is 1.28 bits per heavy atom. The topological polar surface area (TPSA) is 52.3 Å². The summed E-state index contributed by atoms with van der Waals surface area (Å²) in [6.45, 7) is 0. The Hall–Kier alpha value is -1.23. The maximum absolute atomic E-state index is 12.3. The average Bonchev–Trinajstić information content (AvgIpc) is 2.67. The van der Waals surface area contributed by atoms with Gasteiger partial charge in [-0.2, -0.15) is 0 Å². The lowest BCUT2D eigenvalue weighted by Gasteiger charge is -2.07. The lowest BCUT2D eigenvalue weighted by molar-refractivity contribution is 0.103. The van der Waals surface area contributed by atoms with Gasteiger partial charge in [0.1, 0.15) is 10.1 Å². The fourth-order valence-corrected chi connectivity index (χ4v) is 2.99. The summed E-state index contributed by atoms with van der Waals surface area (Å²) in [6, 6.07) is 6.39. The van der Waals surface area contributed by atoms with Crippen LogP contribution in [0.2, 0.25) is 8.67 Å². The Balaban J connectivity index is 2.49. The van der Waals surface area contributed by atoms with Gasteiger partial charge in [-0.3, -0.25) is 4.79 Å². The maximum Gasteiger partial charge on any atom is 0.199 e. The van der Waals surface area contributed by atoms with E-state index in [9.17, 15) is 4.79 Å². The van der Waals surface area contributed by atoms with Gasteiger partial charge in [0, 0.05) is 11.8 Å². The minimum Gasteiger partial charge on any atom is -0.496 e. The molecule has 18 heavy (non-hydrogen) atoms. The Bertz CT molecular complexity index is 610. The number of ketones is 1. The third-order valence-corrected chi connectivity index (χ3v) is 3.86. The number of anilines is 1. The van der Waals surface area contributed by atoms with Gasteiger partial charge in [-0.05, 0) is 18.2 Å². The third-order valence-electron chi connectivity index (χ3n) is 2.37. The van der Waals surface area contributed by atoms with Crippen LogP contribution < -0.4 is 10.5 Å². The van der Waals surface area contributed by atoms with Crippen LogP contribution in [-0.2, 0) is 0 Å². The maximum atomic E-state index is 12.3. The molecule has 6 heteroatoms. The molecule has 2 rings (SSSR count). The van der Waals surface area contributed by atoms with Crippen molar-refractivity contribution >= 4 is 46.0 Å². The minimum absolute atomic E-state index is 0.236. The number of hydrogen-bond donors (Lipinski definition) is 1. The van der Waals surface area contributed by atoms with Gasteiger partial charge in [-0.15, -0.1) is 11.3 Å². The summed E-state index contributed by atoms with van der Waals surface area (Å²) < 4.78 is 5.98. The molecule has 1 aromatic heterocycles. The van der Waals surface area contributed by atoms with E-state index >= 15 is 0 Å². The summed E-state index contributed by atoms with van der Waals surface area (Å²) in [7, 11) is 1.48. The van der Waals surface area contributed by atoms with Crippen molar-refractivity contribution in [3.05, 3.63) is 44.1 Å². The number of carbonyl (C=O) groups is 1. The average molecular weight is 302 g/mol. The molecule has 0 saturated carbocycles. The molecule has 1 aromatic carbocycles. The van der Waals surface area contributed by atoms with Crippen molar-refractivity contribution in [3.63, 3.8) is 0 Å². The van der Waals surface area contributed by atoms with Gasteiger partial charge in [-0.1, -0.05) is 23.2 Å². The van der Waals surface area contributed by atoms with Crippen LogP contribution in [0.15, 0.2) is 24.3 Å². The minimum atomic E-state index is -0.236. The highest BCUT2D eigenvalue weighted by Gasteiger charge is 2.19. The van der Waals surface area contributed by atoms with Crippen LogP contribution in [-0.4, -0.2) is 12.9 Å². The van der Waals surface area contributed by atoms with Gasteiger partial charge < -0.3 is 10.5 Å². The van der Waals surface area contributed by atoms with Crippen molar-refractivity contribution in [2.75, 3.05) is 12.8 Å².